The van der Waals surface area contributed by atoms with Crippen LogP contribution in [0, 0.1) is 0 Å². The number of hydrogen-bond acceptors (Lipinski definition) is 1. The van der Waals surface area contributed by atoms with Crippen LogP contribution in [0.5, 0.6) is 5.75 Å². The van der Waals surface area contributed by atoms with Gasteiger partial charge in [0, 0.05) is 11.0 Å². The number of unbranched alkanes of at least 4 members (excludes halogenated alkanes) is 4. The second kappa shape index (κ2) is 8.19. The molecule has 0 aliphatic rings. The fourth-order valence-corrected chi connectivity index (χ4v) is 3.41. The molecule has 1 nitrogen and oxygen atoms in total. The summed E-state index contributed by atoms with van der Waals surface area (Å²) in [6.07, 6.45) is 7.63. The molecule has 2 rings (SSSR count). The van der Waals surface area contributed by atoms with Gasteiger partial charge in [0.2, 0.25) is 0 Å². The molecule has 0 amide bonds. The van der Waals surface area contributed by atoms with Crippen LogP contribution in [0.15, 0.2) is 48.5 Å². The molecule has 0 aliphatic heterocycles. The Balaban J connectivity index is 2.20. The number of rotatable bonds is 8. The fourth-order valence-electron chi connectivity index (χ4n) is 3.41. The van der Waals surface area contributed by atoms with Crippen LogP contribution in [0.2, 0.25) is 0 Å². The lowest BCUT2D eigenvalue weighted by Crippen LogP contribution is -2.21. The summed E-state index contributed by atoms with van der Waals surface area (Å²) in [5.74, 6) is 0.384. The van der Waals surface area contributed by atoms with E-state index in [0.29, 0.717) is 5.75 Å². The largest absolute Gasteiger partial charge is 0.508 e. The van der Waals surface area contributed by atoms with Gasteiger partial charge < -0.3 is 5.11 Å². The lowest BCUT2D eigenvalue weighted by molar-refractivity contribution is 0.452. The number of phenols is 1. The van der Waals surface area contributed by atoms with Crippen LogP contribution >= 0.6 is 0 Å². The number of aromatic hydroxyl groups is 1. The number of benzene rings is 2. The summed E-state index contributed by atoms with van der Waals surface area (Å²) in [5.41, 5.74) is 3.55. The summed E-state index contributed by atoms with van der Waals surface area (Å²) >= 11 is 0. The lowest BCUT2D eigenvalue weighted by atomic mass is 9.75. The molecular formula is C22H30O. The van der Waals surface area contributed by atoms with Crippen molar-refractivity contribution in [2.75, 3.05) is 0 Å². The Hall–Kier alpha value is -1.76. The van der Waals surface area contributed by atoms with Gasteiger partial charge >= 0.3 is 0 Å². The normalized spacial score (nSPS) is 11.6. The van der Waals surface area contributed by atoms with Gasteiger partial charge in [-0.1, -0.05) is 88.9 Å². The van der Waals surface area contributed by atoms with Crippen LogP contribution in [-0.4, -0.2) is 5.11 Å². The van der Waals surface area contributed by atoms with Crippen molar-refractivity contribution in [2.45, 2.75) is 64.7 Å². The summed E-state index contributed by atoms with van der Waals surface area (Å²) in [7, 11) is 0. The molecule has 0 bridgehead atoms. The number of hydrogen-bond donors (Lipinski definition) is 1. The maximum atomic E-state index is 10.3. The lowest BCUT2D eigenvalue weighted by Gasteiger charge is -2.29. The van der Waals surface area contributed by atoms with E-state index in [-0.39, 0.29) is 5.41 Å². The smallest absolute Gasteiger partial charge is 0.119 e. The molecule has 124 valence electrons. The minimum Gasteiger partial charge on any atom is -0.508 e. The average Bonchev–Trinajstić information content (AvgIpc) is 2.55. The van der Waals surface area contributed by atoms with Gasteiger partial charge in [0.15, 0.2) is 0 Å². The molecule has 0 atom stereocenters. The Bertz CT molecular complexity index is 613. The van der Waals surface area contributed by atoms with Gasteiger partial charge in [-0.2, -0.15) is 0 Å². The van der Waals surface area contributed by atoms with Gasteiger partial charge in [-0.3, -0.25) is 0 Å². The Morgan fingerprint density at radius 1 is 0.783 bits per heavy atom. The molecule has 0 heterocycles. The van der Waals surface area contributed by atoms with E-state index in [2.05, 4.69) is 45.0 Å². The predicted octanol–water partition coefficient (Wildman–Crippen LogP) is 6.23. The molecule has 0 fully saturated rings. The molecule has 0 aromatic heterocycles. The second-order valence-corrected chi connectivity index (χ2v) is 6.96. The third-order valence-corrected chi connectivity index (χ3v) is 4.82. The van der Waals surface area contributed by atoms with Crippen molar-refractivity contribution >= 4 is 0 Å². The monoisotopic (exact) mass is 310 g/mol. The predicted molar refractivity (Wildman–Crippen MR) is 99.1 cm³/mol. The topological polar surface area (TPSA) is 20.2 Å². The summed E-state index contributed by atoms with van der Waals surface area (Å²) in [6, 6.07) is 16.4. The van der Waals surface area contributed by atoms with Gasteiger partial charge in [0.1, 0.15) is 5.75 Å². The van der Waals surface area contributed by atoms with Crippen LogP contribution in [0.1, 0.15) is 69.6 Å². The van der Waals surface area contributed by atoms with Crippen LogP contribution in [0.3, 0.4) is 0 Å². The van der Waals surface area contributed by atoms with E-state index in [0.717, 1.165) is 12.0 Å². The Labute approximate surface area is 141 Å². The van der Waals surface area contributed by atoms with Crippen molar-refractivity contribution in [3.63, 3.8) is 0 Å². The quantitative estimate of drug-likeness (QED) is 0.573. The number of para-hydroxylation sites is 1. The molecule has 0 saturated carbocycles. The molecule has 2 aromatic rings. The summed E-state index contributed by atoms with van der Waals surface area (Å²) in [4.78, 5) is 0. The van der Waals surface area contributed by atoms with Gasteiger partial charge in [-0.05, 0) is 30.0 Å². The molecular weight excluding hydrogens is 280 g/mol. The van der Waals surface area contributed by atoms with Crippen molar-refractivity contribution in [1.82, 2.24) is 0 Å². The van der Waals surface area contributed by atoms with Crippen LogP contribution in [0.25, 0.3) is 0 Å². The van der Waals surface area contributed by atoms with E-state index in [1.54, 1.807) is 6.07 Å². The molecule has 23 heavy (non-hydrogen) atoms. The van der Waals surface area contributed by atoms with Crippen molar-refractivity contribution in [2.24, 2.45) is 0 Å². The third kappa shape index (κ3) is 4.37. The van der Waals surface area contributed by atoms with E-state index in [1.165, 1.54) is 43.2 Å². The van der Waals surface area contributed by atoms with Crippen LogP contribution in [-0.2, 0) is 11.8 Å². The van der Waals surface area contributed by atoms with Crippen LogP contribution < -0.4 is 0 Å². The Morgan fingerprint density at radius 3 is 2.09 bits per heavy atom. The van der Waals surface area contributed by atoms with Gasteiger partial charge in [-0.25, -0.2) is 0 Å². The van der Waals surface area contributed by atoms with E-state index in [1.807, 2.05) is 18.2 Å². The van der Waals surface area contributed by atoms with E-state index in [4.69, 9.17) is 0 Å². The zero-order chi connectivity index (χ0) is 16.7. The molecule has 2 aromatic carbocycles. The molecule has 0 aliphatic carbocycles. The SMILES string of the molecule is CCCCCCCc1ccccc1C(C)(C)c1ccccc1O. The summed E-state index contributed by atoms with van der Waals surface area (Å²) in [5, 5.41) is 10.3. The zero-order valence-corrected chi connectivity index (χ0v) is 14.8. The third-order valence-electron chi connectivity index (χ3n) is 4.82. The molecule has 1 heteroatoms. The second-order valence-electron chi connectivity index (χ2n) is 6.96. The highest BCUT2D eigenvalue weighted by Crippen LogP contribution is 2.38. The van der Waals surface area contributed by atoms with Gasteiger partial charge in [-0.15, -0.1) is 0 Å². The van der Waals surface area contributed by atoms with E-state index >= 15 is 0 Å². The van der Waals surface area contributed by atoms with Gasteiger partial charge in [0.25, 0.3) is 0 Å². The first-order valence-corrected chi connectivity index (χ1v) is 8.94. The summed E-state index contributed by atoms with van der Waals surface area (Å²) in [6.45, 7) is 6.67. The van der Waals surface area contributed by atoms with Crippen molar-refractivity contribution in [3.05, 3.63) is 65.2 Å². The minimum absolute atomic E-state index is 0.189. The van der Waals surface area contributed by atoms with E-state index < -0.39 is 0 Å². The standard InChI is InChI=1S/C22H30O/c1-4-5-6-7-8-13-18-14-9-10-15-19(18)22(2,3)20-16-11-12-17-21(20)23/h9-12,14-17,23H,4-8,13H2,1-3H3. The number of phenolic OH excluding ortho intramolecular Hbond substituents is 1. The highest BCUT2D eigenvalue weighted by atomic mass is 16.3. The molecule has 0 saturated heterocycles. The van der Waals surface area contributed by atoms with Crippen molar-refractivity contribution in [3.8, 4) is 5.75 Å². The number of aryl methyl sites for hydroxylation is 1. The van der Waals surface area contributed by atoms with Crippen molar-refractivity contribution < 1.29 is 5.11 Å². The van der Waals surface area contributed by atoms with E-state index in [9.17, 15) is 5.11 Å². The first-order chi connectivity index (χ1) is 11.1. The maximum Gasteiger partial charge on any atom is 0.119 e. The fraction of sp³-hybridized carbons (Fsp3) is 0.455. The Morgan fingerprint density at radius 2 is 1.39 bits per heavy atom. The molecule has 1 N–H and O–H groups in total. The van der Waals surface area contributed by atoms with Gasteiger partial charge in [0.05, 0.1) is 0 Å². The van der Waals surface area contributed by atoms with Crippen molar-refractivity contribution in [1.29, 1.82) is 0 Å². The first-order valence-electron chi connectivity index (χ1n) is 8.94. The molecule has 0 spiro atoms. The maximum absolute atomic E-state index is 10.3. The highest BCUT2D eigenvalue weighted by molar-refractivity contribution is 5.47. The minimum atomic E-state index is -0.189. The molecule has 0 unspecified atom stereocenters. The first kappa shape index (κ1) is 17.6. The summed E-state index contributed by atoms with van der Waals surface area (Å²) < 4.78 is 0. The van der Waals surface area contributed by atoms with Crippen LogP contribution in [0.4, 0.5) is 0 Å². The average molecular weight is 310 g/mol. The Kier molecular flexibility index (Phi) is 6.27. The zero-order valence-electron chi connectivity index (χ0n) is 14.8. The molecule has 0 radical (unpaired) electrons. The highest BCUT2D eigenvalue weighted by Gasteiger charge is 2.27.